The predicted molar refractivity (Wildman–Crippen MR) is 56.8 cm³/mol. The summed E-state index contributed by atoms with van der Waals surface area (Å²) in [5, 5.41) is 13.0. The fourth-order valence-corrected chi connectivity index (χ4v) is 2.16. The average Bonchev–Trinajstić information content (AvgIpc) is 2.62. The van der Waals surface area contributed by atoms with E-state index >= 15 is 0 Å². The van der Waals surface area contributed by atoms with Crippen molar-refractivity contribution < 1.29 is 14.6 Å². The van der Waals surface area contributed by atoms with Crippen molar-refractivity contribution >= 4 is 0 Å². The van der Waals surface area contributed by atoms with E-state index in [4.69, 9.17) is 9.47 Å². The monoisotopic (exact) mass is 215 g/mol. The Balaban J connectivity index is 1.76. The summed E-state index contributed by atoms with van der Waals surface area (Å²) in [6, 6.07) is 0.115. The van der Waals surface area contributed by atoms with Gasteiger partial charge < -0.3 is 19.9 Å². The zero-order valence-corrected chi connectivity index (χ0v) is 9.37. The molecule has 2 atom stereocenters. The first-order valence-corrected chi connectivity index (χ1v) is 5.77. The van der Waals surface area contributed by atoms with Gasteiger partial charge in [0.15, 0.2) is 0 Å². The van der Waals surface area contributed by atoms with Crippen LogP contribution in [0.15, 0.2) is 0 Å². The first-order valence-electron chi connectivity index (χ1n) is 5.77. The molecule has 0 aromatic rings. The van der Waals surface area contributed by atoms with Crippen molar-refractivity contribution in [2.45, 2.75) is 31.9 Å². The Kier molecular flexibility index (Phi) is 3.61. The first-order chi connectivity index (χ1) is 7.20. The van der Waals surface area contributed by atoms with Crippen molar-refractivity contribution in [2.24, 2.45) is 5.41 Å². The van der Waals surface area contributed by atoms with Crippen LogP contribution in [0.3, 0.4) is 0 Å². The number of nitrogens with one attached hydrogen (secondary N) is 1. The lowest BCUT2D eigenvalue weighted by Gasteiger charge is -2.34. The Morgan fingerprint density at radius 2 is 2.00 bits per heavy atom. The molecule has 2 heterocycles. The molecule has 2 aliphatic rings. The second-order valence-corrected chi connectivity index (χ2v) is 5.02. The Morgan fingerprint density at radius 1 is 1.27 bits per heavy atom. The van der Waals surface area contributed by atoms with Gasteiger partial charge >= 0.3 is 0 Å². The molecular weight excluding hydrogens is 194 g/mol. The summed E-state index contributed by atoms with van der Waals surface area (Å²) in [6.07, 6.45) is 1.86. The minimum absolute atomic E-state index is 0.115. The molecule has 2 N–H and O–H groups in total. The predicted octanol–water partition coefficient (Wildman–Crippen LogP) is 0.152. The number of aliphatic hydroxyl groups is 1. The normalized spacial score (nSPS) is 35.6. The maximum Gasteiger partial charge on any atom is 0.0948 e. The van der Waals surface area contributed by atoms with Gasteiger partial charge in [-0.25, -0.2) is 0 Å². The maximum atomic E-state index is 9.59. The van der Waals surface area contributed by atoms with Gasteiger partial charge in [0, 0.05) is 19.8 Å². The van der Waals surface area contributed by atoms with Gasteiger partial charge in [-0.3, -0.25) is 0 Å². The summed E-state index contributed by atoms with van der Waals surface area (Å²) in [5.74, 6) is 0. The van der Waals surface area contributed by atoms with Crippen LogP contribution in [-0.4, -0.2) is 50.2 Å². The lowest BCUT2D eigenvalue weighted by molar-refractivity contribution is 0.0210. The standard InChI is InChI=1S/C11H21NO3/c1-11(2-4-14-5-3-11)8-12-9-6-15-7-10(9)13/h9-10,12-13H,2-8H2,1H3. The van der Waals surface area contributed by atoms with Gasteiger partial charge in [0.25, 0.3) is 0 Å². The van der Waals surface area contributed by atoms with Crippen LogP contribution >= 0.6 is 0 Å². The van der Waals surface area contributed by atoms with Crippen LogP contribution in [0.1, 0.15) is 19.8 Å². The Hall–Kier alpha value is -0.160. The second-order valence-electron chi connectivity index (χ2n) is 5.02. The molecule has 15 heavy (non-hydrogen) atoms. The highest BCUT2D eigenvalue weighted by molar-refractivity contribution is 4.86. The fourth-order valence-electron chi connectivity index (χ4n) is 2.16. The van der Waals surface area contributed by atoms with Crippen LogP contribution in [0.25, 0.3) is 0 Å². The van der Waals surface area contributed by atoms with Crippen molar-refractivity contribution in [1.82, 2.24) is 5.32 Å². The molecule has 0 aromatic carbocycles. The third-order valence-corrected chi connectivity index (χ3v) is 3.54. The Labute approximate surface area is 90.9 Å². The SMILES string of the molecule is CC1(CNC2COCC2O)CCOCC1. The Morgan fingerprint density at radius 3 is 2.60 bits per heavy atom. The van der Waals surface area contributed by atoms with Gasteiger partial charge in [0.05, 0.1) is 25.4 Å². The zero-order chi connectivity index (χ0) is 10.7. The Bertz CT molecular complexity index is 204. The quantitative estimate of drug-likeness (QED) is 0.704. The van der Waals surface area contributed by atoms with Gasteiger partial charge in [-0.2, -0.15) is 0 Å². The van der Waals surface area contributed by atoms with Crippen molar-refractivity contribution in [3.63, 3.8) is 0 Å². The molecule has 2 saturated heterocycles. The molecule has 2 fully saturated rings. The van der Waals surface area contributed by atoms with Crippen LogP contribution in [0, 0.1) is 5.41 Å². The van der Waals surface area contributed by atoms with Gasteiger partial charge in [-0.05, 0) is 18.3 Å². The van der Waals surface area contributed by atoms with E-state index in [1.165, 1.54) is 0 Å². The van der Waals surface area contributed by atoms with E-state index < -0.39 is 0 Å². The first kappa shape index (κ1) is 11.3. The van der Waals surface area contributed by atoms with Crippen LogP contribution < -0.4 is 5.32 Å². The molecule has 4 heteroatoms. The summed E-state index contributed by atoms with van der Waals surface area (Å²) < 4.78 is 10.6. The molecule has 0 radical (unpaired) electrons. The molecule has 2 rings (SSSR count). The molecular formula is C11H21NO3. The third-order valence-electron chi connectivity index (χ3n) is 3.54. The highest BCUT2D eigenvalue weighted by Crippen LogP contribution is 2.29. The van der Waals surface area contributed by atoms with E-state index in [-0.39, 0.29) is 12.1 Å². The van der Waals surface area contributed by atoms with Crippen LogP contribution in [0.2, 0.25) is 0 Å². The molecule has 0 aliphatic carbocycles. The van der Waals surface area contributed by atoms with Crippen molar-refractivity contribution in [3.8, 4) is 0 Å². The van der Waals surface area contributed by atoms with Gasteiger partial charge in [-0.1, -0.05) is 6.92 Å². The topological polar surface area (TPSA) is 50.7 Å². The van der Waals surface area contributed by atoms with Crippen LogP contribution in [0.5, 0.6) is 0 Å². The molecule has 2 aliphatic heterocycles. The van der Waals surface area contributed by atoms with Gasteiger partial charge in [-0.15, -0.1) is 0 Å². The van der Waals surface area contributed by atoms with E-state index in [9.17, 15) is 5.11 Å². The average molecular weight is 215 g/mol. The summed E-state index contributed by atoms with van der Waals surface area (Å²) in [6.45, 7) is 6.06. The number of hydrogen-bond donors (Lipinski definition) is 2. The van der Waals surface area contributed by atoms with Crippen LogP contribution in [-0.2, 0) is 9.47 Å². The van der Waals surface area contributed by atoms with E-state index in [1.807, 2.05) is 0 Å². The summed E-state index contributed by atoms with van der Waals surface area (Å²) in [5.41, 5.74) is 0.320. The summed E-state index contributed by atoms with van der Waals surface area (Å²) in [4.78, 5) is 0. The van der Waals surface area contributed by atoms with E-state index in [1.54, 1.807) is 0 Å². The summed E-state index contributed by atoms with van der Waals surface area (Å²) >= 11 is 0. The molecule has 0 aromatic heterocycles. The smallest absolute Gasteiger partial charge is 0.0948 e. The molecule has 88 valence electrons. The molecule has 4 nitrogen and oxygen atoms in total. The molecule has 2 unspecified atom stereocenters. The summed E-state index contributed by atoms with van der Waals surface area (Å²) in [7, 11) is 0. The van der Waals surface area contributed by atoms with E-state index in [2.05, 4.69) is 12.2 Å². The minimum atomic E-state index is -0.339. The third kappa shape index (κ3) is 2.91. The lowest BCUT2D eigenvalue weighted by atomic mass is 9.82. The highest BCUT2D eigenvalue weighted by Gasteiger charge is 2.31. The highest BCUT2D eigenvalue weighted by atomic mass is 16.5. The van der Waals surface area contributed by atoms with Crippen molar-refractivity contribution in [1.29, 1.82) is 0 Å². The molecule has 0 amide bonds. The fraction of sp³-hybridized carbons (Fsp3) is 1.00. The molecule has 0 spiro atoms. The maximum absolute atomic E-state index is 9.59. The van der Waals surface area contributed by atoms with Crippen molar-refractivity contribution in [3.05, 3.63) is 0 Å². The van der Waals surface area contributed by atoms with Crippen LogP contribution in [0.4, 0.5) is 0 Å². The van der Waals surface area contributed by atoms with Gasteiger partial charge in [0.2, 0.25) is 0 Å². The van der Waals surface area contributed by atoms with Gasteiger partial charge in [0.1, 0.15) is 0 Å². The largest absolute Gasteiger partial charge is 0.389 e. The minimum Gasteiger partial charge on any atom is -0.389 e. The number of aliphatic hydroxyl groups excluding tert-OH is 1. The second kappa shape index (κ2) is 4.78. The molecule has 0 bridgehead atoms. The lowest BCUT2D eigenvalue weighted by Crippen LogP contribution is -2.45. The zero-order valence-electron chi connectivity index (χ0n) is 9.37. The number of rotatable bonds is 3. The number of ether oxygens (including phenoxy) is 2. The van der Waals surface area contributed by atoms with E-state index in [0.29, 0.717) is 18.6 Å². The molecule has 0 saturated carbocycles. The van der Waals surface area contributed by atoms with E-state index in [0.717, 1.165) is 32.6 Å². The van der Waals surface area contributed by atoms with Crippen molar-refractivity contribution in [2.75, 3.05) is 33.0 Å². The number of hydrogen-bond acceptors (Lipinski definition) is 4.